The van der Waals surface area contributed by atoms with E-state index in [0.717, 1.165) is 0 Å². The molecule has 2 nitrogen and oxygen atoms in total. The summed E-state index contributed by atoms with van der Waals surface area (Å²) in [6, 6.07) is 0. The molecular weight excluding hydrogens is 179 g/mol. The number of hydrogen-bond acceptors (Lipinski definition) is 1. The average molecular weight is 185 g/mol. The quantitative estimate of drug-likeness (QED) is 0.662. The zero-order chi connectivity index (χ0) is 6.78. The fraction of sp³-hybridized carbons (Fsp3) is 0.750. The Balaban J connectivity index is 3.91. The average Bonchev–Trinajstić information content (AvgIpc) is 1.67. The van der Waals surface area contributed by atoms with Gasteiger partial charge in [-0.3, -0.25) is 0 Å². The molecule has 0 amide bonds. The Morgan fingerprint density at radius 3 is 2.38 bits per heavy atom. The number of aliphatic carboxylic acids is 1. The van der Waals surface area contributed by atoms with Crippen LogP contribution >= 0.6 is 15.9 Å². The molecule has 0 heterocycles. The van der Waals surface area contributed by atoms with E-state index in [0.29, 0.717) is 0 Å². The highest BCUT2D eigenvalue weighted by atomic mass is 79.9. The number of carboxylic acid groups (broad SMARTS) is 1. The highest BCUT2D eigenvalue weighted by molar-refractivity contribution is 9.10. The molecular formula is C4H6BrFO2. The normalized spacial score (nSPS) is 17.4. The summed E-state index contributed by atoms with van der Waals surface area (Å²) in [4.78, 5) is 9.83. The monoisotopic (exact) mass is 184 g/mol. The van der Waals surface area contributed by atoms with E-state index in [9.17, 15) is 9.18 Å². The van der Waals surface area contributed by atoms with Crippen LogP contribution in [0, 0.1) is 0 Å². The van der Waals surface area contributed by atoms with Crippen molar-refractivity contribution in [2.75, 3.05) is 0 Å². The van der Waals surface area contributed by atoms with E-state index in [1.165, 1.54) is 6.92 Å². The summed E-state index contributed by atoms with van der Waals surface area (Å²) in [5.74, 6) is -1.47. The summed E-state index contributed by atoms with van der Waals surface area (Å²) in [7, 11) is 0. The molecule has 0 aliphatic heterocycles. The van der Waals surface area contributed by atoms with Gasteiger partial charge in [0, 0.05) is 0 Å². The third kappa shape index (κ3) is 1.78. The molecule has 0 rings (SSSR count). The van der Waals surface area contributed by atoms with Crippen LogP contribution in [-0.4, -0.2) is 15.7 Å². The summed E-state index contributed by atoms with van der Waals surface area (Å²) in [6.45, 7) is 1.45. The summed E-state index contributed by atoms with van der Waals surface area (Å²) in [5.41, 5.74) is 0. The number of carbonyl (C=O) groups is 1. The van der Waals surface area contributed by atoms with Gasteiger partial charge in [-0.1, -0.05) is 6.92 Å². The summed E-state index contributed by atoms with van der Waals surface area (Å²) in [5, 5.41) is 8.02. The zero-order valence-corrected chi connectivity index (χ0v) is 5.90. The number of alkyl halides is 2. The van der Waals surface area contributed by atoms with E-state index in [2.05, 4.69) is 15.9 Å². The van der Waals surface area contributed by atoms with Crippen molar-refractivity contribution in [2.45, 2.75) is 17.9 Å². The van der Waals surface area contributed by atoms with Crippen LogP contribution in [-0.2, 0) is 4.79 Å². The molecule has 0 aromatic rings. The molecule has 0 aromatic heterocycles. The number of hydrogen-bond donors (Lipinski definition) is 1. The van der Waals surface area contributed by atoms with Gasteiger partial charge in [-0.2, -0.15) is 0 Å². The van der Waals surface area contributed by atoms with Crippen molar-refractivity contribution < 1.29 is 14.3 Å². The lowest BCUT2D eigenvalue weighted by molar-refractivity contribution is -0.144. The molecule has 0 saturated heterocycles. The van der Waals surface area contributed by atoms with E-state index in [-0.39, 0.29) is 6.42 Å². The van der Waals surface area contributed by atoms with E-state index in [1.807, 2.05) is 0 Å². The number of rotatable bonds is 2. The van der Waals surface area contributed by atoms with Gasteiger partial charge in [-0.05, 0) is 22.4 Å². The Bertz CT molecular complexity index is 102. The largest absolute Gasteiger partial charge is 0.478 e. The fourth-order valence-corrected chi connectivity index (χ4v) is 0.151. The SMILES string of the molecule is CCC(F)(Br)C(=O)O. The molecule has 48 valence electrons. The maximum atomic E-state index is 12.3. The van der Waals surface area contributed by atoms with Crippen molar-refractivity contribution in [3.63, 3.8) is 0 Å². The predicted molar refractivity (Wildman–Crippen MR) is 30.7 cm³/mol. The topological polar surface area (TPSA) is 37.3 Å². The number of carboxylic acids is 1. The Morgan fingerprint density at radius 2 is 2.38 bits per heavy atom. The lowest BCUT2D eigenvalue weighted by atomic mass is 10.3. The van der Waals surface area contributed by atoms with Crippen LogP contribution in [0.5, 0.6) is 0 Å². The molecule has 0 aromatic carbocycles. The van der Waals surface area contributed by atoms with E-state index in [1.54, 1.807) is 0 Å². The van der Waals surface area contributed by atoms with Gasteiger partial charge in [-0.15, -0.1) is 0 Å². The van der Waals surface area contributed by atoms with Crippen molar-refractivity contribution in [3.8, 4) is 0 Å². The lowest BCUT2D eigenvalue weighted by Crippen LogP contribution is -2.24. The molecule has 0 aliphatic carbocycles. The third-order valence-electron chi connectivity index (χ3n) is 0.757. The van der Waals surface area contributed by atoms with Gasteiger partial charge in [0.15, 0.2) is 0 Å². The second-order valence-corrected chi connectivity index (χ2v) is 2.62. The first-order valence-electron chi connectivity index (χ1n) is 2.12. The van der Waals surface area contributed by atoms with Crippen molar-refractivity contribution in [1.29, 1.82) is 0 Å². The van der Waals surface area contributed by atoms with Crippen LogP contribution in [0.4, 0.5) is 4.39 Å². The molecule has 4 heteroatoms. The molecule has 1 unspecified atom stereocenters. The van der Waals surface area contributed by atoms with E-state index in [4.69, 9.17) is 5.11 Å². The van der Waals surface area contributed by atoms with Crippen LogP contribution in [0.1, 0.15) is 13.3 Å². The van der Waals surface area contributed by atoms with Gasteiger partial charge in [0.25, 0.3) is 4.58 Å². The summed E-state index contributed by atoms with van der Waals surface area (Å²) in [6.07, 6.45) is -0.0671. The summed E-state index contributed by atoms with van der Waals surface area (Å²) >= 11 is 2.38. The van der Waals surface area contributed by atoms with Crippen LogP contribution in [0.2, 0.25) is 0 Å². The molecule has 0 radical (unpaired) electrons. The number of halogens is 2. The van der Waals surface area contributed by atoms with Crippen LogP contribution in [0.15, 0.2) is 0 Å². The molecule has 1 atom stereocenters. The van der Waals surface area contributed by atoms with Gasteiger partial charge >= 0.3 is 5.97 Å². The zero-order valence-electron chi connectivity index (χ0n) is 4.32. The van der Waals surface area contributed by atoms with Gasteiger partial charge in [-0.25, -0.2) is 9.18 Å². The van der Waals surface area contributed by atoms with Crippen molar-refractivity contribution >= 4 is 21.9 Å². The first-order chi connectivity index (χ1) is 3.50. The molecule has 1 N–H and O–H groups in total. The minimum absolute atomic E-state index is 0.0671. The highest BCUT2D eigenvalue weighted by Gasteiger charge is 2.32. The minimum atomic E-state index is -2.23. The first kappa shape index (κ1) is 7.88. The molecule has 0 aliphatic rings. The van der Waals surface area contributed by atoms with Crippen LogP contribution in [0.3, 0.4) is 0 Å². The van der Waals surface area contributed by atoms with E-state index >= 15 is 0 Å². The Morgan fingerprint density at radius 1 is 2.00 bits per heavy atom. The highest BCUT2D eigenvalue weighted by Crippen LogP contribution is 2.23. The standard InChI is InChI=1S/C4H6BrFO2/c1-2-4(5,6)3(7)8/h2H2,1H3,(H,7,8). The Labute approximate surface area is 54.8 Å². The lowest BCUT2D eigenvalue weighted by Gasteiger charge is -2.07. The molecule has 0 fully saturated rings. The third-order valence-corrected chi connectivity index (χ3v) is 1.66. The predicted octanol–water partition coefficient (Wildman–Crippen LogP) is 1.54. The summed E-state index contributed by atoms with van der Waals surface area (Å²) < 4.78 is 10.0. The smallest absolute Gasteiger partial charge is 0.352 e. The maximum absolute atomic E-state index is 12.3. The van der Waals surface area contributed by atoms with Gasteiger partial charge in [0.1, 0.15) is 0 Å². The van der Waals surface area contributed by atoms with Crippen molar-refractivity contribution in [3.05, 3.63) is 0 Å². The second kappa shape index (κ2) is 2.44. The molecule has 0 bridgehead atoms. The molecule has 0 saturated carbocycles. The van der Waals surface area contributed by atoms with Gasteiger partial charge in [0.05, 0.1) is 0 Å². The van der Waals surface area contributed by atoms with Crippen molar-refractivity contribution in [1.82, 2.24) is 0 Å². The first-order valence-corrected chi connectivity index (χ1v) is 2.91. The van der Waals surface area contributed by atoms with Crippen LogP contribution in [0.25, 0.3) is 0 Å². The Hall–Kier alpha value is -0.120. The minimum Gasteiger partial charge on any atom is -0.478 e. The molecule has 0 spiro atoms. The van der Waals surface area contributed by atoms with E-state index < -0.39 is 10.5 Å². The van der Waals surface area contributed by atoms with Gasteiger partial charge in [0.2, 0.25) is 0 Å². The second-order valence-electron chi connectivity index (χ2n) is 1.36. The van der Waals surface area contributed by atoms with Gasteiger partial charge < -0.3 is 5.11 Å². The Kier molecular flexibility index (Phi) is 2.40. The van der Waals surface area contributed by atoms with Crippen molar-refractivity contribution in [2.24, 2.45) is 0 Å². The fourth-order valence-electron chi connectivity index (χ4n) is 0.151. The molecule has 8 heavy (non-hydrogen) atoms. The maximum Gasteiger partial charge on any atom is 0.352 e. The van der Waals surface area contributed by atoms with Crippen LogP contribution < -0.4 is 0 Å².